The molecule has 1 aromatic heterocycles. The van der Waals surface area contributed by atoms with Crippen LogP contribution in [0.4, 0.5) is 0 Å². The average molecular weight is 298 g/mol. The molecule has 0 N–H and O–H groups in total. The van der Waals surface area contributed by atoms with Gasteiger partial charge in [-0.15, -0.1) is 0 Å². The van der Waals surface area contributed by atoms with Crippen molar-refractivity contribution in [2.45, 2.75) is 39.8 Å². The quantitative estimate of drug-likeness (QED) is 0.798. The van der Waals surface area contributed by atoms with Crippen LogP contribution in [0.3, 0.4) is 0 Å². The van der Waals surface area contributed by atoms with Crippen LogP contribution in [0.1, 0.15) is 39.3 Å². The Morgan fingerprint density at radius 2 is 2.09 bits per heavy atom. The monoisotopic (exact) mass is 298 g/mol. The van der Waals surface area contributed by atoms with E-state index in [2.05, 4.69) is 79.8 Å². The van der Waals surface area contributed by atoms with Gasteiger partial charge in [0.1, 0.15) is 24.7 Å². The van der Waals surface area contributed by atoms with Gasteiger partial charge in [-0.2, -0.15) is 0 Å². The van der Waals surface area contributed by atoms with E-state index in [1.165, 1.54) is 0 Å². The first kappa shape index (κ1) is 14.8. The largest absolute Gasteiger partial charge is 0.475 e. The Bertz CT molecular complexity index is 685. The van der Waals surface area contributed by atoms with Crippen LogP contribution in [-0.2, 0) is 4.74 Å². The van der Waals surface area contributed by atoms with Crippen molar-refractivity contribution in [1.29, 1.82) is 0 Å². The number of imidazole rings is 1. The van der Waals surface area contributed by atoms with Gasteiger partial charge in [0.15, 0.2) is 0 Å². The summed E-state index contributed by atoms with van der Waals surface area (Å²) in [6, 6.07) is 9.08. The molecule has 0 fully saturated rings. The summed E-state index contributed by atoms with van der Waals surface area (Å²) < 4.78 is 10.1. The molecule has 0 bridgehead atoms. The molecule has 1 unspecified atom stereocenters. The van der Waals surface area contributed by atoms with Crippen molar-refractivity contribution >= 4 is 5.90 Å². The third kappa shape index (κ3) is 2.91. The fourth-order valence-electron chi connectivity index (χ4n) is 2.52. The molecular weight excluding hydrogens is 274 g/mol. The molecule has 1 aromatic carbocycles. The number of ether oxygens (including phenoxy) is 1. The van der Waals surface area contributed by atoms with Crippen LogP contribution in [0.25, 0.3) is 5.69 Å². The Morgan fingerprint density at radius 1 is 1.27 bits per heavy atom. The van der Waals surface area contributed by atoms with Crippen molar-refractivity contribution in [3.05, 3.63) is 48.5 Å². The first-order valence-electron chi connectivity index (χ1n) is 7.94. The first-order chi connectivity index (χ1) is 10.5. The number of nitrogens with zero attached hydrogens (tertiary/aromatic N) is 3. The van der Waals surface area contributed by atoms with Gasteiger partial charge < -0.3 is 4.74 Å². The predicted molar refractivity (Wildman–Crippen MR) is 87.5 cm³/mol. The molecule has 0 saturated heterocycles. The lowest BCUT2D eigenvalue weighted by atomic mass is 10.1. The topological polar surface area (TPSA) is 30.4 Å². The van der Waals surface area contributed by atoms with Crippen LogP contribution in [0.5, 0.6) is 0 Å². The van der Waals surface area contributed by atoms with E-state index >= 15 is 0 Å². The summed E-state index contributed by atoms with van der Waals surface area (Å²) >= 11 is 0. The van der Waals surface area contributed by atoms with Gasteiger partial charge in [0.25, 0.3) is 0 Å². The number of hydrogen-bond donors (Lipinski definition) is 0. The third-order valence-corrected chi connectivity index (χ3v) is 4.09. The Morgan fingerprint density at radius 3 is 2.73 bits per heavy atom. The number of hydrogen-bond acceptors (Lipinski definition) is 2. The van der Waals surface area contributed by atoms with E-state index in [0.717, 1.165) is 17.1 Å². The third-order valence-electron chi connectivity index (χ3n) is 4.09. The molecule has 1 aliphatic rings. The molecule has 3 rings (SSSR count). The van der Waals surface area contributed by atoms with E-state index in [1.807, 2.05) is 0 Å². The van der Waals surface area contributed by atoms with Crippen molar-refractivity contribution in [1.82, 2.24) is 4.57 Å². The molecule has 1 atom stereocenters. The standard InChI is InChI=1S/C18H24N3O/c1-13(2)17-11-22-18(19-17)15-6-5-7-16(10-15)21-9-8-20(12-21)14(3)4/h5-10,12-14,17H,11H2,1-4H3/q+1. The molecule has 1 aliphatic heterocycles. The normalized spacial score (nSPS) is 17.9. The maximum atomic E-state index is 5.78. The lowest BCUT2D eigenvalue weighted by Crippen LogP contribution is -2.33. The lowest BCUT2D eigenvalue weighted by Gasteiger charge is -2.06. The van der Waals surface area contributed by atoms with Gasteiger partial charge >= 0.3 is 0 Å². The second-order valence-corrected chi connectivity index (χ2v) is 6.47. The summed E-state index contributed by atoms with van der Waals surface area (Å²) in [5.74, 6) is 1.28. The van der Waals surface area contributed by atoms with E-state index in [0.29, 0.717) is 18.6 Å². The Balaban J connectivity index is 1.88. The van der Waals surface area contributed by atoms with E-state index in [9.17, 15) is 0 Å². The van der Waals surface area contributed by atoms with E-state index < -0.39 is 0 Å². The molecule has 0 aliphatic carbocycles. The van der Waals surface area contributed by atoms with Crippen LogP contribution in [-0.4, -0.2) is 23.1 Å². The second kappa shape index (κ2) is 5.95. The van der Waals surface area contributed by atoms with Crippen molar-refractivity contribution in [3.8, 4) is 5.69 Å². The smallest absolute Gasteiger partial charge is 0.249 e. The minimum absolute atomic E-state index is 0.272. The summed E-state index contributed by atoms with van der Waals surface area (Å²) in [5, 5.41) is 0. The van der Waals surface area contributed by atoms with Crippen LogP contribution in [0.15, 0.2) is 48.0 Å². The summed E-state index contributed by atoms with van der Waals surface area (Å²) in [5.41, 5.74) is 2.17. The summed E-state index contributed by atoms with van der Waals surface area (Å²) in [6.07, 6.45) is 6.28. The van der Waals surface area contributed by atoms with Gasteiger partial charge in [-0.05, 0) is 38.0 Å². The van der Waals surface area contributed by atoms with E-state index in [-0.39, 0.29) is 6.04 Å². The highest BCUT2D eigenvalue weighted by atomic mass is 16.5. The Labute approximate surface area is 132 Å². The SMILES string of the molecule is CC(C)C1COC(c2cccc(-n3cc[n+](C(C)C)c3)c2)=N1. The maximum absolute atomic E-state index is 5.78. The average Bonchev–Trinajstić information content (AvgIpc) is 3.17. The highest BCUT2D eigenvalue weighted by Crippen LogP contribution is 2.19. The number of rotatable bonds is 4. The zero-order chi connectivity index (χ0) is 15.7. The molecule has 22 heavy (non-hydrogen) atoms. The second-order valence-electron chi connectivity index (χ2n) is 6.47. The molecule has 0 radical (unpaired) electrons. The van der Waals surface area contributed by atoms with Crippen LogP contribution < -0.4 is 4.57 Å². The molecule has 0 spiro atoms. The first-order valence-corrected chi connectivity index (χ1v) is 7.94. The molecule has 2 aromatic rings. The zero-order valence-corrected chi connectivity index (χ0v) is 13.7. The Kier molecular flexibility index (Phi) is 4.01. The highest BCUT2D eigenvalue weighted by Gasteiger charge is 2.23. The minimum atomic E-state index is 0.272. The van der Waals surface area contributed by atoms with Crippen molar-refractivity contribution in [2.24, 2.45) is 10.9 Å². The molecule has 4 nitrogen and oxygen atoms in total. The summed E-state index contributed by atoms with van der Waals surface area (Å²) in [4.78, 5) is 4.71. The molecule has 0 saturated carbocycles. The van der Waals surface area contributed by atoms with Gasteiger partial charge in [-0.25, -0.2) is 14.1 Å². The minimum Gasteiger partial charge on any atom is -0.475 e. The van der Waals surface area contributed by atoms with Crippen LogP contribution >= 0.6 is 0 Å². The van der Waals surface area contributed by atoms with Crippen molar-refractivity contribution in [3.63, 3.8) is 0 Å². The van der Waals surface area contributed by atoms with E-state index in [4.69, 9.17) is 9.73 Å². The molecule has 4 heteroatoms. The van der Waals surface area contributed by atoms with Gasteiger partial charge in [0, 0.05) is 5.56 Å². The van der Waals surface area contributed by atoms with Gasteiger partial charge in [-0.1, -0.05) is 19.9 Å². The maximum Gasteiger partial charge on any atom is 0.249 e. The summed E-state index contributed by atoms with van der Waals surface area (Å²) in [7, 11) is 0. The fraction of sp³-hybridized carbons (Fsp3) is 0.444. The summed E-state index contributed by atoms with van der Waals surface area (Å²) in [6.45, 7) is 9.40. The molecule has 0 amide bonds. The van der Waals surface area contributed by atoms with Crippen LogP contribution in [0.2, 0.25) is 0 Å². The number of aliphatic imine (C=N–C) groups is 1. The van der Waals surface area contributed by atoms with Gasteiger partial charge in [0.2, 0.25) is 12.2 Å². The number of benzene rings is 1. The Hall–Kier alpha value is -2.10. The van der Waals surface area contributed by atoms with Crippen molar-refractivity contribution in [2.75, 3.05) is 6.61 Å². The zero-order valence-electron chi connectivity index (χ0n) is 13.7. The molecule has 116 valence electrons. The number of aromatic nitrogens is 2. The lowest BCUT2D eigenvalue weighted by molar-refractivity contribution is -0.715. The van der Waals surface area contributed by atoms with Crippen LogP contribution in [0, 0.1) is 5.92 Å². The van der Waals surface area contributed by atoms with Gasteiger partial charge in [-0.3, -0.25) is 0 Å². The highest BCUT2D eigenvalue weighted by molar-refractivity contribution is 5.95. The predicted octanol–water partition coefficient (Wildman–Crippen LogP) is 3.15. The fourth-order valence-corrected chi connectivity index (χ4v) is 2.52. The molecular formula is C18H24N3O+. The van der Waals surface area contributed by atoms with E-state index in [1.54, 1.807) is 0 Å². The molecule has 2 heterocycles. The van der Waals surface area contributed by atoms with Gasteiger partial charge in [0.05, 0.1) is 12.1 Å². The van der Waals surface area contributed by atoms with Crippen molar-refractivity contribution < 1.29 is 9.30 Å².